The predicted octanol–water partition coefficient (Wildman–Crippen LogP) is 2.79. The molecule has 2 bridgehead atoms. The monoisotopic (exact) mass is 438 g/mol. The van der Waals surface area contributed by atoms with Crippen LogP contribution in [0, 0.1) is 29.1 Å². The molecule has 1 aromatic heterocycles. The van der Waals surface area contributed by atoms with Crippen LogP contribution in [0.2, 0.25) is 0 Å². The fourth-order valence-corrected chi connectivity index (χ4v) is 8.59. The Bertz CT molecular complexity index is 1020. The van der Waals surface area contributed by atoms with Gasteiger partial charge in [0.1, 0.15) is 6.10 Å². The molecule has 6 aliphatic rings. The van der Waals surface area contributed by atoms with Crippen molar-refractivity contribution in [1.29, 1.82) is 0 Å². The Hall–Kier alpha value is -1.66. The van der Waals surface area contributed by atoms with Crippen molar-refractivity contribution >= 4 is 5.97 Å². The van der Waals surface area contributed by atoms with Crippen LogP contribution in [0.3, 0.4) is 0 Å². The van der Waals surface area contributed by atoms with E-state index in [9.17, 15) is 9.59 Å². The second-order valence-electron chi connectivity index (χ2n) is 12.0. The van der Waals surface area contributed by atoms with Gasteiger partial charge in [0.25, 0.3) is 5.56 Å². The highest BCUT2D eigenvalue weighted by Crippen LogP contribution is 2.62. The minimum Gasteiger partial charge on any atom is -0.462 e. The Morgan fingerprint density at radius 1 is 1.12 bits per heavy atom. The smallest absolute Gasteiger partial charge is 0.310 e. The number of esters is 1. The Morgan fingerprint density at radius 2 is 2.00 bits per heavy atom. The topological polar surface area (TPSA) is 64.1 Å². The molecule has 6 nitrogen and oxygen atoms in total. The number of pyridine rings is 1. The summed E-state index contributed by atoms with van der Waals surface area (Å²) in [5.41, 5.74) is 1.66. The summed E-state index contributed by atoms with van der Waals surface area (Å²) in [5.74, 6) is 1.80. The Morgan fingerprint density at radius 3 is 2.84 bits per heavy atom. The Kier molecular flexibility index (Phi) is 4.14. The molecule has 7 rings (SSSR count). The van der Waals surface area contributed by atoms with Gasteiger partial charge in [-0.15, -0.1) is 0 Å². The molecular weight excluding hydrogens is 404 g/mol. The van der Waals surface area contributed by atoms with Crippen LogP contribution in [-0.4, -0.2) is 53.4 Å². The first-order valence-electron chi connectivity index (χ1n) is 12.7. The number of carbonyl (C=O) groups is 1. The SMILES string of the molecule is C[C@]12CCC[C@@]3(CO3)[C@H]1C[C@H]1[C@@H](C2)OC(=O)[C@@H]1CN1C[C@@H]2C[C@@H](C1)c1cccc(=O)n1C2. The van der Waals surface area contributed by atoms with Gasteiger partial charge in [0.15, 0.2) is 0 Å². The number of hydrogen-bond donors (Lipinski definition) is 0. The first-order chi connectivity index (χ1) is 15.4. The maximum atomic E-state index is 13.1. The Balaban J connectivity index is 1.11. The van der Waals surface area contributed by atoms with Gasteiger partial charge in [-0.25, -0.2) is 0 Å². The third-order valence-electron chi connectivity index (χ3n) is 10.1. The van der Waals surface area contributed by atoms with Crippen LogP contribution in [0.5, 0.6) is 0 Å². The highest BCUT2D eigenvalue weighted by molar-refractivity contribution is 5.75. The maximum Gasteiger partial charge on any atom is 0.310 e. The summed E-state index contributed by atoms with van der Waals surface area (Å²) in [6.45, 7) is 6.87. The second kappa shape index (κ2) is 6.69. The average Bonchev–Trinajstić information content (AvgIpc) is 3.46. The van der Waals surface area contributed by atoms with Gasteiger partial charge < -0.3 is 18.9 Å². The molecule has 5 heterocycles. The number of aromatic nitrogens is 1. The lowest BCUT2D eigenvalue weighted by molar-refractivity contribution is -0.147. The lowest BCUT2D eigenvalue weighted by Crippen LogP contribution is -2.52. The number of hydrogen-bond acceptors (Lipinski definition) is 5. The maximum absolute atomic E-state index is 13.1. The van der Waals surface area contributed by atoms with Crippen molar-refractivity contribution in [2.24, 2.45) is 29.1 Å². The summed E-state index contributed by atoms with van der Waals surface area (Å²) < 4.78 is 14.1. The number of epoxide rings is 1. The quantitative estimate of drug-likeness (QED) is 0.525. The van der Waals surface area contributed by atoms with Gasteiger partial charge in [0.05, 0.1) is 18.1 Å². The molecule has 2 saturated carbocycles. The number of piperidine rings is 1. The van der Waals surface area contributed by atoms with Gasteiger partial charge in [-0.1, -0.05) is 13.0 Å². The van der Waals surface area contributed by atoms with Crippen LogP contribution in [-0.2, 0) is 20.8 Å². The molecule has 0 radical (unpaired) electrons. The van der Waals surface area contributed by atoms with Crippen LogP contribution in [0.25, 0.3) is 0 Å². The predicted molar refractivity (Wildman–Crippen MR) is 118 cm³/mol. The molecule has 0 amide bonds. The van der Waals surface area contributed by atoms with Crippen LogP contribution < -0.4 is 5.56 Å². The average molecular weight is 439 g/mol. The van der Waals surface area contributed by atoms with E-state index in [1.54, 1.807) is 6.07 Å². The molecule has 8 atom stereocenters. The third kappa shape index (κ3) is 2.84. The van der Waals surface area contributed by atoms with Crippen LogP contribution >= 0.6 is 0 Å². The summed E-state index contributed by atoms with van der Waals surface area (Å²) in [6.07, 6.45) is 7.00. The number of ether oxygens (including phenoxy) is 2. The largest absolute Gasteiger partial charge is 0.462 e. The molecule has 2 aliphatic carbocycles. The van der Waals surface area contributed by atoms with E-state index >= 15 is 0 Å². The van der Waals surface area contributed by atoms with Crippen molar-refractivity contribution in [3.05, 3.63) is 34.2 Å². The van der Waals surface area contributed by atoms with Crippen molar-refractivity contribution in [3.8, 4) is 0 Å². The molecule has 5 fully saturated rings. The van der Waals surface area contributed by atoms with E-state index in [4.69, 9.17) is 9.47 Å². The molecule has 6 heteroatoms. The van der Waals surface area contributed by atoms with Crippen molar-refractivity contribution < 1.29 is 14.3 Å². The van der Waals surface area contributed by atoms with E-state index in [-0.39, 0.29) is 34.6 Å². The minimum absolute atomic E-state index is 0.0148. The number of likely N-dealkylation sites (tertiary alicyclic amines) is 1. The summed E-state index contributed by atoms with van der Waals surface area (Å²) in [7, 11) is 0. The Labute approximate surface area is 189 Å². The zero-order valence-electron chi connectivity index (χ0n) is 19.0. The minimum atomic E-state index is -0.0148. The zero-order valence-corrected chi connectivity index (χ0v) is 19.0. The van der Waals surface area contributed by atoms with Crippen LogP contribution in [0.15, 0.2) is 23.0 Å². The lowest BCUT2D eigenvalue weighted by Gasteiger charge is -2.52. The molecule has 0 aromatic carbocycles. The summed E-state index contributed by atoms with van der Waals surface area (Å²) in [4.78, 5) is 27.9. The summed E-state index contributed by atoms with van der Waals surface area (Å²) >= 11 is 0. The second-order valence-corrected chi connectivity index (χ2v) is 12.0. The van der Waals surface area contributed by atoms with Crippen molar-refractivity contribution in [3.63, 3.8) is 0 Å². The fourth-order valence-electron chi connectivity index (χ4n) is 8.59. The van der Waals surface area contributed by atoms with Gasteiger partial charge >= 0.3 is 5.97 Å². The molecule has 1 aromatic rings. The normalized spacial score (nSPS) is 46.8. The highest BCUT2D eigenvalue weighted by Gasteiger charge is 2.65. The van der Waals surface area contributed by atoms with Crippen molar-refractivity contribution in [1.82, 2.24) is 9.47 Å². The van der Waals surface area contributed by atoms with E-state index in [1.807, 2.05) is 10.6 Å². The van der Waals surface area contributed by atoms with E-state index in [1.165, 1.54) is 25.0 Å². The standard InChI is InChI=1S/C26H34N2O4/c1-25-6-3-7-26(15-31-26)22(25)9-18-19(24(30)32-21(18)10-25)14-27-11-16-8-17(13-27)20-4-2-5-23(29)28(20)12-16/h2,4-5,16-19,21-22H,3,6-15H2,1H3/t16-,17-,18+,19+,21+,22-,25+,26+/m0/s1. The molecular formula is C26H34N2O4. The van der Waals surface area contributed by atoms with Crippen LogP contribution in [0.1, 0.15) is 57.1 Å². The zero-order chi connectivity index (χ0) is 21.7. The molecule has 1 spiro atoms. The van der Waals surface area contributed by atoms with E-state index in [2.05, 4.69) is 17.9 Å². The van der Waals surface area contributed by atoms with Gasteiger partial charge in [-0.2, -0.15) is 0 Å². The first kappa shape index (κ1) is 19.8. The van der Waals surface area contributed by atoms with Crippen molar-refractivity contribution in [2.75, 3.05) is 26.2 Å². The van der Waals surface area contributed by atoms with Crippen molar-refractivity contribution in [2.45, 2.75) is 69.6 Å². The molecule has 3 saturated heterocycles. The number of carbonyl (C=O) groups excluding carboxylic acids is 1. The van der Waals surface area contributed by atoms with Gasteiger partial charge in [0, 0.05) is 49.8 Å². The van der Waals surface area contributed by atoms with Gasteiger partial charge in [-0.05, 0) is 61.8 Å². The first-order valence-corrected chi connectivity index (χ1v) is 12.7. The molecule has 4 aliphatic heterocycles. The molecule has 0 unspecified atom stereocenters. The van der Waals surface area contributed by atoms with Gasteiger partial charge in [0.2, 0.25) is 0 Å². The third-order valence-corrected chi connectivity index (χ3v) is 10.1. The molecule has 32 heavy (non-hydrogen) atoms. The number of nitrogens with zero attached hydrogens (tertiary/aromatic N) is 2. The summed E-state index contributed by atoms with van der Waals surface area (Å²) in [5, 5.41) is 0. The summed E-state index contributed by atoms with van der Waals surface area (Å²) in [6, 6.07) is 5.69. The van der Waals surface area contributed by atoms with Crippen LogP contribution in [0.4, 0.5) is 0 Å². The number of fused-ring (bicyclic) bond motifs is 7. The van der Waals surface area contributed by atoms with E-state index in [0.29, 0.717) is 23.7 Å². The fraction of sp³-hybridized carbons (Fsp3) is 0.769. The molecule has 172 valence electrons. The highest BCUT2D eigenvalue weighted by atomic mass is 16.6. The lowest BCUT2D eigenvalue weighted by atomic mass is 9.53. The number of rotatable bonds is 2. The van der Waals surface area contributed by atoms with E-state index in [0.717, 1.165) is 52.0 Å². The van der Waals surface area contributed by atoms with Gasteiger partial charge in [-0.3, -0.25) is 9.59 Å². The molecule has 0 N–H and O–H groups in total. The van der Waals surface area contributed by atoms with E-state index < -0.39 is 0 Å².